The van der Waals surface area contributed by atoms with Gasteiger partial charge in [-0.3, -0.25) is 9.59 Å². The van der Waals surface area contributed by atoms with E-state index in [2.05, 4.69) is 16.0 Å². The van der Waals surface area contributed by atoms with E-state index < -0.39 is 50.1 Å². The summed E-state index contributed by atoms with van der Waals surface area (Å²) in [6.07, 6.45) is 0. The number of likely N-dealkylation sites (N-methyl/N-ethyl adjacent to an activating group) is 1. The van der Waals surface area contributed by atoms with Crippen LogP contribution in [0.4, 0.5) is 20.2 Å². The van der Waals surface area contributed by atoms with E-state index in [1.54, 1.807) is 0 Å². The lowest BCUT2D eigenvalue weighted by Crippen LogP contribution is -2.46. The number of nitrogens with one attached hydrogen (secondary N) is 3. The SMILES string of the molecule is CN(CCO)S(=O)(=O)c1ccc(-c2ccc(S(=O)(=O)N3CCNCC3)c(NC(=O)c3ccc(F)cc3)c2)cc1NC(=O)c1ccc(F)cc1. The molecule has 1 heterocycles. The van der Waals surface area contributed by atoms with Gasteiger partial charge in [-0.05, 0) is 83.9 Å². The lowest BCUT2D eigenvalue weighted by atomic mass is 10.0. The Hall–Kier alpha value is -4.58. The zero-order valence-corrected chi connectivity index (χ0v) is 27.8. The molecule has 2 amide bonds. The number of nitrogens with zero attached hydrogens (tertiary/aromatic N) is 2. The van der Waals surface area contributed by atoms with Crippen molar-refractivity contribution in [3.8, 4) is 11.1 Å². The van der Waals surface area contributed by atoms with Crippen molar-refractivity contribution in [2.24, 2.45) is 0 Å². The van der Waals surface area contributed by atoms with Gasteiger partial charge < -0.3 is 21.1 Å². The highest BCUT2D eigenvalue weighted by molar-refractivity contribution is 7.89. The topological polar surface area (TPSA) is 165 Å². The first-order chi connectivity index (χ1) is 23.3. The maximum Gasteiger partial charge on any atom is 0.255 e. The number of hydrogen-bond acceptors (Lipinski definition) is 8. The fourth-order valence-corrected chi connectivity index (χ4v) is 7.96. The smallest absolute Gasteiger partial charge is 0.255 e. The average Bonchev–Trinajstić information content (AvgIpc) is 3.09. The number of benzene rings is 4. The van der Waals surface area contributed by atoms with E-state index in [0.29, 0.717) is 24.2 Å². The molecule has 16 heteroatoms. The second-order valence-corrected chi connectivity index (χ2v) is 15.0. The number of aliphatic hydroxyl groups excluding tert-OH is 1. The molecule has 1 aliphatic rings. The number of halogens is 2. The molecule has 1 aliphatic heterocycles. The van der Waals surface area contributed by atoms with E-state index in [-0.39, 0.29) is 51.9 Å². The Morgan fingerprint density at radius 1 is 0.755 bits per heavy atom. The molecule has 0 unspecified atom stereocenters. The number of carbonyl (C=O) groups excluding carboxylic acids is 2. The predicted molar refractivity (Wildman–Crippen MR) is 179 cm³/mol. The van der Waals surface area contributed by atoms with Gasteiger partial charge in [-0.2, -0.15) is 8.61 Å². The molecule has 0 atom stereocenters. The minimum absolute atomic E-state index is 0.0483. The van der Waals surface area contributed by atoms with Crippen molar-refractivity contribution in [3.05, 3.63) is 108 Å². The van der Waals surface area contributed by atoms with Crippen molar-refractivity contribution in [1.82, 2.24) is 13.9 Å². The van der Waals surface area contributed by atoms with E-state index in [9.17, 15) is 40.3 Å². The Morgan fingerprint density at radius 3 is 1.67 bits per heavy atom. The lowest BCUT2D eigenvalue weighted by molar-refractivity contribution is 0.101. The molecule has 0 aliphatic carbocycles. The minimum Gasteiger partial charge on any atom is -0.395 e. The molecule has 49 heavy (non-hydrogen) atoms. The van der Waals surface area contributed by atoms with E-state index >= 15 is 0 Å². The summed E-state index contributed by atoms with van der Waals surface area (Å²) in [7, 11) is -7.07. The summed E-state index contributed by atoms with van der Waals surface area (Å²) in [5.74, 6) is -2.56. The van der Waals surface area contributed by atoms with Crippen molar-refractivity contribution >= 4 is 43.2 Å². The number of aliphatic hydroxyl groups is 1. The number of anilines is 2. The fourth-order valence-electron chi connectivity index (χ4n) is 5.11. The predicted octanol–water partition coefficient (Wildman–Crippen LogP) is 3.34. The van der Waals surface area contributed by atoms with Gasteiger partial charge in [0.05, 0.1) is 18.0 Å². The van der Waals surface area contributed by atoms with Crippen LogP contribution in [0.2, 0.25) is 0 Å². The molecule has 0 radical (unpaired) electrons. The van der Waals surface area contributed by atoms with Crippen molar-refractivity contribution in [1.29, 1.82) is 0 Å². The molecule has 258 valence electrons. The third-order valence-electron chi connectivity index (χ3n) is 7.80. The van der Waals surface area contributed by atoms with Crippen molar-refractivity contribution in [2.45, 2.75) is 9.79 Å². The fraction of sp³-hybridized carbons (Fsp3) is 0.212. The zero-order chi connectivity index (χ0) is 35.3. The van der Waals surface area contributed by atoms with E-state index in [1.807, 2.05) is 0 Å². The summed E-state index contributed by atoms with van der Waals surface area (Å²) < 4.78 is 83.7. The molecular weight excluding hydrogens is 681 g/mol. The summed E-state index contributed by atoms with van der Waals surface area (Å²) in [6.45, 7) is 0.587. The Balaban J connectivity index is 1.61. The Morgan fingerprint density at radius 2 is 1.20 bits per heavy atom. The maximum absolute atomic E-state index is 13.8. The summed E-state index contributed by atoms with van der Waals surface area (Å²) in [4.78, 5) is 25.9. The quantitative estimate of drug-likeness (QED) is 0.184. The van der Waals surface area contributed by atoms with E-state index in [4.69, 9.17) is 0 Å². The molecule has 5 rings (SSSR count). The molecule has 1 saturated heterocycles. The second-order valence-electron chi connectivity index (χ2n) is 11.0. The van der Waals surface area contributed by atoms with E-state index in [0.717, 1.165) is 28.6 Å². The second kappa shape index (κ2) is 14.9. The Bertz CT molecular complexity index is 2070. The summed E-state index contributed by atoms with van der Waals surface area (Å²) >= 11 is 0. The van der Waals surface area contributed by atoms with Crippen LogP contribution in [0, 0.1) is 11.6 Å². The van der Waals surface area contributed by atoms with Gasteiger partial charge in [-0.1, -0.05) is 12.1 Å². The molecular formula is C33H33F2N5O7S2. The molecule has 4 aromatic carbocycles. The largest absolute Gasteiger partial charge is 0.395 e. The maximum atomic E-state index is 13.8. The van der Waals surface area contributed by atoms with Gasteiger partial charge in [0.2, 0.25) is 20.0 Å². The van der Waals surface area contributed by atoms with Crippen LogP contribution in [0.25, 0.3) is 11.1 Å². The monoisotopic (exact) mass is 713 g/mol. The van der Waals surface area contributed by atoms with Gasteiger partial charge in [0.25, 0.3) is 11.8 Å². The summed E-state index contributed by atoms with van der Waals surface area (Å²) in [6, 6.07) is 17.6. The van der Waals surface area contributed by atoms with Crippen LogP contribution in [0.15, 0.2) is 94.7 Å². The molecule has 0 aromatic heterocycles. The van der Waals surface area contributed by atoms with Crippen LogP contribution in [-0.2, 0) is 20.0 Å². The zero-order valence-electron chi connectivity index (χ0n) is 26.2. The number of hydrogen-bond donors (Lipinski definition) is 4. The molecule has 12 nitrogen and oxygen atoms in total. The molecule has 4 N–H and O–H groups in total. The van der Waals surface area contributed by atoms with Gasteiger partial charge in [-0.25, -0.2) is 25.6 Å². The van der Waals surface area contributed by atoms with Gasteiger partial charge in [-0.15, -0.1) is 0 Å². The van der Waals surface area contributed by atoms with Crippen LogP contribution >= 0.6 is 0 Å². The number of sulfonamides is 2. The third-order valence-corrected chi connectivity index (χ3v) is 11.7. The highest BCUT2D eigenvalue weighted by atomic mass is 32.2. The van der Waals surface area contributed by atoms with Crippen LogP contribution in [0.1, 0.15) is 20.7 Å². The highest BCUT2D eigenvalue weighted by Crippen LogP contribution is 2.35. The van der Waals surface area contributed by atoms with Gasteiger partial charge in [0, 0.05) is 50.9 Å². The molecule has 0 spiro atoms. The molecule has 0 bridgehead atoms. The first-order valence-corrected chi connectivity index (χ1v) is 17.9. The third kappa shape index (κ3) is 8.01. The van der Waals surface area contributed by atoms with Gasteiger partial charge in [0.15, 0.2) is 0 Å². The molecule has 4 aromatic rings. The summed E-state index contributed by atoms with van der Waals surface area (Å²) in [5, 5.41) is 17.7. The Kier molecular flexibility index (Phi) is 10.9. The van der Waals surface area contributed by atoms with Crippen LogP contribution in [0.5, 0.6) is 0 Å². The number of rotatable bonds is 11. The van der Waals surface area contributed by atoms with Crippen LogP contribution < -0.4 is 16.0 Å². The van der Waals surface area contributed by atoms with Gasteiger partial charge in [0.1, 0.15) is 21.4 Å². The first-order valence-electron chi connectivity index (χ1n) is 15.0. The number of piperazine rings is 1. The first kappa shape index (κ1) is 35.7. The van der Waals surface area contributed by atoms with Crippen molar-refractivity contribution < 1.29 is 40.3 Å². The molecule has 1 fully saturated rings. The lowest BCUT2D eigenvalue weighted by Gasteiger charge is -2.27. The highest BCUT2D eigenvalue weighted by Gasteiger charge is 2.30. The summed E-state index contributed by atoms with van der Waals surface area (Å²) in [5.41, 5.74) is 0.574. The minimum atomic E-state index is -4.24. The van der Waals surface area contributed by atoms with Crippen LogP contribution in [0.3, 0.4) is 0 Å². The van der Waals surface area contributed by atoms with Gasteiger partial charge >= 0.3 is 0 Å². The number of carbonyl (C=O) groups is 2. The van der Waals surface area contributed by atoms with Crippen molar-refractivity contribution in [2.75, 3.05) is 57.0 Å². The van der Waals surface area contributed by atoms with Crippen molar-refractivity contribution in [3.63, 3.8) is 0 Å². The van der Waals surface area contributed by atoms with Crippen LogP contribution in [-0.4, -0.2) is 88.7 Å². The average molecular weight is 714 g/mol. The standard InChI is InChI=1S/C33H33F2N5O7S2/c1-39(18-19-41)48(44,45)30-12-6-24(20-28(30)37-32(42)22-2-8-26(34)9-3-22)25-7-13-31(49(46,47)40-16-14-36-15-17-40)29(21-25)38-33(43)23-4-10-27(35)11-5-23/h2-13,20-21,36,41H,14-19H2,1H3,(H,37,42)(H,38,43). The number of amides is 2. The molecule has 0 saturated carbocycles. The van der Waals surface area contributed by atoms with E-state index in [1.165, 1.54) is 72.0 Å². The Labute approximate surface area is 282 Å². The normalized spacial score (nSPS) is 14.1.